The van der Waals surface area contributed by atoms with Crippen LogP contribution in [0, 0.1) is 0 Å². The van der Waals surface area contributed by atoms with Crippen LogP contribution in [0.15, 0.2) is 42.5 Å². The molecule has 0 aliphatic heterocycles. The molecule has 0 bridgehead atoms. The summed E-state index contributed by atoms with van der Waals surface area (Å²) in [6.45, 7) is 4.49. The topological polar surface area (TPSA) is 64.6 Å². The van der Waals surface area contributed by atoms with E-state index in [0.717, 1.165) is 29.4 Å². The zero-order chi connectivity index (χ0) is 19.5. The Kier molecular flexibility index (Phi) is 8.62. The molecule has 0 spiro atoms. The standard InChI is InChI=1S/C22H29NO4/c1-3-8-21(24)23-18(16-27-22(25)9-4-2)14-15-26-20-13-7-11-17-10-5-6-12-19(17)20/h5-7,10-13,18H,3-4,8-9,14-16H2,1-2H3,(H,23,24). The molecule has 5 nitrogen and oxygen atoms in total. The first-order chi connectivity index (χ1) is 13.1. The van der Waals surface area contributed by atoms with Gasteiger partial charge in [-0.25, -0.2) is 0 Å². The summed E-state index contributed by atoms with van der Waals surface area (Å²) in [5.74, 6) is 0.552. The molecule has 0 aliphatic carbocycles. The van der Waals surface area contributed by atoms with Gasteiger partial charge < -0.3 is 14.8 Å². The van der Waals surface area contributed by atoms with Crippen LogP contribution in [0.5, 0.6) is 5.75 Å². The van der Waals surface area contributed by atoms with Gasteiger partial charge in [0.1, 0.15) is 12.4 Å². The lowest BCUT2D eigenvalue weighted by Crippen LogP contribution is -2.39. The van der Waals surface area contributed by atoms with Gasteiger partial charge in [-0.2, -0.15) is 0 Å². The van der Waals surface area contributed by atoms with Crippen molar-refractivity contribution >= 4 is 22.6 Å². The van der Waals surface area contributed by atoms with Crippen molar-refractivity contribution in [2.45, 2.75) is 52.0 Å². The molecule has 2 aromatic rings. The van der Waals surface area contributed by atoms with E-state index in [4.69, 9.17) is 9.47 Å². The molecule has 1 amide bonds. The van der Waals surface area contributed by atoms with Gasteiger partial charge in [-0.15, -0.1) is 0 Å². The van der Waals surface area contributed by atoms with E-state index in [2.05, 4.69) is 5.32 Å². The molecule has 0 radical (unpaired) electrons. The Hall–Kier alpha value is -2.56. The zero-order valence-electron chi connectivity index (χ0n) is 16.2. The van der Waals surface area contributed by atoms with Crippen LogP contribution in [0.2, 0.25) is 0 Å². The molecule has 2 rings (SSSR count). The fraction of sp³-hybridized carbons (Fsp3) is 0.455. The molecular weight excluding hydrogens is 342 g/mol. The predicted octanol–water partition coefficient (Wildman–Crippen LogP) is 4.24. The van der Waals surface area contributed by atoms with Crippen LogP contribution >= 0.6 is 0 Å². The molecule has 27 heavy (non-hydrogen) atoms. The van der Waals surface area contributed by atoms with Crippen molar-refractivity contribution in [1.82, 2.24) is 5.32 Å². The van der Waals surface area contributed by atoms with Crippen LogP contribution in [0.1, 0.15) is 46.0 Å². The average Bonchev–Trinajstić information content (AvgIpc) is 2.66. The number of nitrogens with one attached hydrogen (secondary N) is 1. The first kappa shape index (κ1) is 20.7. The summed E-state index contributed by atoms with van der Waals surface area (Å²) < 4.78 is 11.2. The molecule has 0 saturated heterocycles. The van der Waals surface area contributed by atoms with Crippen LogP contribution in [-0.4, -0.2) is 31.1 Å². The largest absolute Gasteiger partial charge is 0.493 e. The number of rotatable bonds is 11. The van der Waals surface area contributed by atoms with Gasteiger partial charge in [0.15, 0.2) is 0 Å². The van der Waals surface area contributed by atoms with Crippen molar-refractivity contribution < 1.29 is 19.1 Å². The van der Waals surface area contributed by atoms with Crippen molar-refractivity contribution in [3.05, 3.63) is 42.5 Å². The second-order valence-electron chi connectivity index (χ2n) is 6.56. The molecule has 5 heteroatoms. The normalized spacial score (nSPS) is 11.8. The Morgan fingerprint density at radius 3 is 2.52 bits per heavy atom. The van der Waals surface area contributed by atoms with E-state index in [1.54, 1.807) is 0 Å². The third-order valence-electron chi connectivity index (χ3n) is 4.22. The molecule has 0 aliphatic rings. The maximum atomic E-state index is 11.9. The summed E-state index contributed by atoms with van der Waals surface area (Å²) in [5.41, 5.74) is 0. The van der Waals surface area contributed by atoms with E-state index >= 15 is 0 Å². The van der Waals surface area contributed by atoms with Gasteiger partial charge in [0.25, 0.3) is 0 Å². The predicted molar refractivity (Wildman–Crippen MR) is 107 cm³/mol. The minimum atomic E-state index is -0.250. The van der Waals surface area contributed by atoms with Gasteiger partial charge in [-0.3, -0.25) is 9.59 Å². The third kappa shape index (κ3) is 6.93. The Morgan fingerprint density at radius 2 is 1.74 bits per heavy atom. The van der Waals surface area contributed by atoms with Gasteiger partial charge in [0.2, 0.25) is 5.91 Å². The van der Waals surface area contributed by atoms with E-state index in [9.17, 15) is 9.59 Å². The van der Waals surface area contributed by atoms with Gasteiger partial charge in [0, 0.05) is 24.6 Å². The molecule has 0 aromatic heterocycles. The second kappa shape index (κ2) is 11.2. The highest BCUT2D eigenvalue weighted by Gasteiger charge is 2.15. The monoisotopic (exact) mass is 371 g/mol. The van der Waals surface area contributed by atoms with Crippen molar-refractivity contribution in [1.29, 1.82) is 0 Å². The molecule has 146 valence electrons. The summed E-state index contributed by atoms with van der Waals surface area (Å²) in [5, 5.41) is 5.12. The molecule has 1 unspecified atom stereocenters. The van der Waals surface area contributed by atoms with Gasteiger partial charge in [0.05, 0.1) is 12.6 Å². The van der Waals surface area contributed by atoms with Crippen LogP contribution in [0.25, 0.3) is 10.8 Å². The quantitative estimate of drug-likeness (QED) is 0.600. The summed E-state index contributed by atoms with van der Waals surface area (Å²) in [7, 11) is 0. The van der Waals surface area contributed by atoms with Crippen molar-refractivity contribution in [2.24, 2.45) is 0 Å². The lowest BCUT2D eigenvalue weighted by molar-refractivity contribution is -0.145. The maximum Gasteiger partial charge on any atom is 0.305 e. The van der Waals surface area contributed by atoms with Crippen molar-refractivity contribution in [3.63, 3.8) is 0 Å². The number of benzene rings is 2. The molecule has 1 atom stereocenters. The highest BCUT2D eigenvalue weighted by molar-refractivity contribution is 5.88. The Balaban J connectivity index is 1.92. The lowest BCUT2D eigenvalue weighted by atomic mass is 10.1. The molecule has 0 heterocycles. The van der Waals surface area contributed by atoms with E-state index < -0.39 is 0 Å². The van der Waals surface area contributed by atoms with Crippen LogP contribution < -0.4 is 10.1 Å². The smallest absolute Gasteiger partial charge is 0.305 e. The minimum Gasteiger partial charge on any atom is -0.493 e. The fourth-order valence-corrected chi connectivity index (χ4v) is 2.83. The number of amides is 1. The zero-order valence-corrected chi connectivity index (χ0v) is 16.2. The average molecular weight is 371 g/mol. The Morgan fingerprint density at radius 1 is 1.00 bits per heavy atom. The van der Waals surface area contributed by atoms with Crippen LogP contribution in [-0.2, 0) is 14.3 Å². The number of fused-ring (bicyclic) bond motifs is 1. The number of ether oxygens (including phenoxy) is 2. The van der Waals surface area contributed by atoms with E-state index in [0.29, 0.717) is 25.9 Å². The number of hydrogen-bond acceptors (Lipinski definition) is 4. The fourth-order valence-electron chi connectivity index (χ4n) is 2.83. The van der Waals surface area contributed by atoms with Crippen molar-refractivity contribution in [3.8, 4) is 5.75 Å². The summed E-state index contributed by atoms with van der Waals surface area (Å²) >= 11 is 0. The Bertz CT molecular complexity index is 739. The summed E-state index contributed by atoms with van der Waals surface area (Å²) in [4.78, 5) is 23.6. The van der Waals surface area contributed by atoms with Gasteiger partial charge >= 0.3 is 5.97 Å². The highest BCUT2D eigenvalue weighted by atomic mass is 16.5. The molecular formula is C22H29NO4. The van der Waals surface area contributed by atoms with Gasteiger partial charge in [-0.05, 0) is 24.3 Å². The molecule has 0 fully saturated rings. The summed E-state index contributed by atoms with van der Waals surface area (Å²) in [6.07, 6.45) is 2.94. The lowest BCUT2D eigenvalue weighted by Gasteiger charge is -2.19. The molecule has 0 saturated carbocycles. The minimum absolute atomic E-state index is 0.0285. The van der Waals surface area contributed by atoms with E-state index in [-0.39, 0.29) is 24.5 Å². The third-order valence-corrected chi connectivity index (χ3v) is 4.22. The number of carbonyl (C=O) groups is 2. The van der Waals surface area contributed by atoms with Crippen LogP contribution in [0.3, 0.4) is 0 Å². The highest BCUT2D eigenvalue weighted by Crippen LogP contribution is 2.25. The van der Waals surface area contributed by atoms with Crippen molar-refractivity contribution in [2.75, 3.05) is 13.2 Å². The number of carbonyl (C=O) groups excluding carboxylic acids is 2. The van der Waals surface area contributed by atoms with E-state index in [1.165, 1.54) is 0 Å². The maximum absolute atomic E-state index is 11.9. The number of hydrogen-bond donors (Lipinski definition) is 1. The van der Waals surface area contributed by atoms with Gasteiger partial charge in [-0.1, -0.05) is 50.2 Å². The van der Waals surface area contributed by atoms with E-state index in [1.807, 2.05) is 56.3 Å². The first-order valence-electron chi connectivity index (χ1n) is 9.69. The first-order valence-corrected chi connectivity index (χ1v) is 9.69. The van der Waals surface area contributed by atoms with Crippen LogP contribution in [0.4, 0.5) is 0 Å². The molecule has 1 N–H and O–H groups in total. The molecule has 2 aromatic carbocycles. The summed E-state index contributed by atoms with van der Waals surface area (Å²) in [6, 6.07) is 13.7. The number of esters is 1. The SMILES string of the molecule is CCCC(=O)NC(CCOc1cccc2ccccc12)COC(=O)CCC. The Labute approximate surface area is 161 Å². The second-order valence-corrected chi connectivity index (χ2v) is 6.56.